The fraction of sp³-hybridized carbons (Fsp3) is 0.412. The summed E-state index contributed by atoms with van der Waals surface area (Å²) in [4.78, 5) is 23.9. The zero-order valence-corrected chi connectivity index (χ0v) is 37.6. The number of imidazole rings is 2. The van der Waals surface area contributed by atoms with Crippen LogP contribution in [0.15, 0.2) is 81.6 Å². The fourth-order valence-electron chi connectivity index (χ4n) is 4.40. The van der Waals surface area contributed by atoms with Crippen LogP contribution < -0.4 is 30.4 Å². The molecular weight excluding hydrogens is 865 g/mol. The van der Waals surface area contributed by atoms with Gasteiger partial charge in [0.1, 0.15) is 11.4 Å². The molecule has 22 nitrogen and oxygen atoms in total. The standard InChI is InChI=1S/C32H42N12O2S2.2CH4O4S/c1-7-29(45)35-23-9-11-25(27(21-23)37-39-31-41(3)15-16-42(31)4)33-13-19-47-48-20-14-34-26-12-10-24(36-30(46)8-2)22-28(26)38-40-32-43(5)17-18-44(32)6;2*1-5-6(2,3)4/h9-12,15-18,21-22H,7-8,13-14,19-20H2,1-6H3,(H2,35,36,37,38,45,46);2*1H3,(H,2,3,4). The molecule has 60 heavy (non-hydrogen) atoms. The van der Waals surface area contributed by atoms with Crippen LogP contribution in [-0.4, -0.2) is 85.7 Å². The molecule has 0 atom stereocenters. The number of hydrogen-bond donors (Lipinski definition) is 4. The Bertz CT molecular complexity index is 2100. The number of carbonyl (C=O) groups excluding carboxylic acids is 2. The molecule has 0 radical (unpaired) electrons. The Kier molecular flexibility index (Phi) is 21.8. The average Bonchev–Trinajstić information content (AvgIpc) is 3.71. The summed E-state index contributed by atoms with van der Waals surface area (Å²) >= 11 is 0. The highest BCUT2D eigenvalue weighted by Gasteiger charge is 2.14. The molecule has 4 rings (SSSR count). The number of rotatable bonds is 19. The van der Waals surface area contributed by atoms with Crippen molar-refractivity contribution in [3.63, 3.8) is 0 Å². The third-order valence-corrected chi connectivity index (χ3v) is 10.7. The monoisotopic (exact) mass is 914 g/mol. The normalized spacial score (nSPS) is 11.4. The number of azo groups is 2. The highest BCUT2D eigenvalue weighted by Crippen LogP contribution is 2.32. The molecular formula is C34H50N12O10S4. The van der Waals surface area contributed by atoms with Crippen molar-refractivity contribution in [3.8, 4) is 0 Å². The Morgan fingerprint density at radius 2 is 1.03 bits per heavy atom. The van der Waals surface area contributed by atoms with Gasteiger partial charge in [0, 0.05) is 59.0 Å². The largest absolute Gasteiger partial charge is 0.726 e. The van der Waals surface area contributed by atoms with Crippen LogP contribution in [-0.2, 0) is 66.9 Å². The molecule has 330 valence electrons. The topological polar surface area (TPSA) is 282 Å². The van der Waals surface area contributed by atoms with Crippen molar-refractivity contribution in [3.05, 3.63) is 61.2 Å². The highest BCUT2D eigenvalue weighted by molar-refractivity contribution is 8.76. The zero-order chi connectivity index (χ0) is 44.9. The average molecular weight is 915 g/mol. The number of nitrogens with zero attached hydrogens (tertiary/aromatic N) is 8. The highest BCUT2D eigenvalue weighted by atomic mass is 33.1. The second-order valence-electron chi connectivity index (χ2n) is 12.0. The van der Waals surface area contributed by atoms with Gasteiger partial charge in [-0.25, -0.2) is 35.1 Å². The molecule has 2 amide bonds. The Morgan fingerprint density at radius 1 is 0.683 bits per heavy atom. The lowest BCUT2D eigenvalue weighted by Crippen LogP contribution is -2.25. The molecule has 0 spiro atoms. The van der Waals surface area contributed by atoms with Gasteiger partial charge in [0.2, 0.25) is 32.6 Å². The number of amides is 2. The number of hydrogen-bond acceptors (Lipinski definition) is 18. The van der Waals surface area contributed by atoms with Gasteiger partial charge >= 0.3 is 11.9 Å². The molecule has 0 bridgehead atoms. The van der Waals surface area contributed by atoms with Gasteiger partial charge in [0.25, 0.3) is 0 Å². The minimum absolute atomic E-state index is 0.0604. The van der Waals surface area contributed by atoms with Crippen molar-refractivity contribution in [2.24, 2.45) is 48.6 Å². The van der Waals surface area contributed by atoms with Gasteiger partial charge in [0.15, 0.2) is 0 Å². The first kappa shape index (κ1) is 51.2. The lowest BCUT2D eigenvalue weighted by molar-refractivity contribution is -0.657. The van der Waals surface area contributed by atoms with Crippen molar-refractivity contribution in [1.29, 1.82) is 0 Å². The Hall–Kier alpha value is -4.96. The van der Waals surface area contributed by atoms with Gasteiger partial charge in [0.05, 0.1) is 78.6 Å². The molecule has 0 saturated carbocycles. The predicted molar refractivity (Wildman–Crippen MR) is 228 cm³/mol. The summed E-state index contributed by atoms with van der Waals surface area (Å²) in [5, 5.41) is 30.6. The molecule has 0 aliphatic heterocycles. The fourth-order valence-corrected chi connectivity index (χ4v) is 6.21. The van der Waals surface area contributed by atoms with Crippen molar-refractivity contribution in [2.45, 2.75) is 26.7 Å². The van der Waals surface area contributed by atoms with Crippen molar-refractivity contribution in [1.82, 2.24) is 9.13 Å². The van der Waals surface area contributed by atoms with Crippen LogP contribution in [0.4, 0.5) is 46.0 Å². The summed E-state index contributed by atoms with van der Waals surface area (Å²) in [6.07, 6.45) is 8.44. The molecule has 0 aliphatic rings. The quantitative estimate of drug-likeness (QED) is 0.0249. The summed E-state index contributed by atoms with van der Waals surface area (Å²) in [6.45, 7) is 5.07. The van der Waals surface area contributed by atoms with Gasteiger partial charge in [-0.3, -0.25) is 18.0 Å². The maximum absolute atomic E-state index is 12.0. The second-order valence-corrected chi connectivity index (χ2v) is 17.0. The molecule has 26 heteroatoms. The number of anilines is 4. The van der Waals surface area contributed by atoms with Crippen LogP contribution in [0.1, 0.15) is 26.7 Å². The van der Waals surface area contributed by atoms with Crippen LogP contribution in [0.25, 0.3) is 0 Å². The smallest absolute Gasteiger partial charge is 0.421 e. The molecule has 2 aromatic heterocycles. The van der Waals surface area contributed by atoms with E-state index < -0.39 is 20.8 Å². The van der Waals surface area contributed by atoms with Gasteiger partial charge in [-0.1, -0.05) is 45.7 Å². The van der Waals surface area contributed by atoms with E-state index in [0.717, 1.165) is 50.2 Å². The van der Waals surface area contributed by atoms with Crippen molar-refractivity contribution in [2.75, 3.05) is 60.1 Å². The van der Waals surface area contributed by atoms with Crippen LogP contribution in [0, 0.1) is 0 Å². The van der Waals surface area contributed by atoms with Gasteiger partial charge in [-0.2, -0.15) is 0 Å². The Balaban J connectivity index is 0.000000902. The second kappa shape index (κ2) is 25.6. The van der Waals surface area contributed by atoms with Crippen LogP contribution in [0.3, 0.4) is 0 Å². The Labute approximate surface area is 357 Å². The summed E-state index contributed by atoms with van der Waals surface area (Å²) < 4.78 is 69.6. The van der Waals surface area contributed by atoms with E-state index in [2.05, 4.69) is 50.1 Å². The van der Waals surface area contributed by atoms with E-state index in [1.54, 1.807) is 21.6 Å². The minimum atomic E-state index is -4.41. The number of aromatic nitrogens is 4. The maximum Gasteiger partial charge on any atom is 0.421 e. The number of carbonyl (C=O) groups is 2. The molecule has 0 aliphatic carbocycles. The number of nitrogens with one attached hydrogen (secondary N) is 4. The summed E-state index contributed by atoms with van der Waals surface area (Å²) in [5.41, 5.74) is 4.30. The summed E-state index contributed by atoms with van der Waals surface area (Å²) in [5.74, 6) is 3.00. The van der Waals surface area contributed by atoms with Crippen LogP contribution in [0.2, 0.25) is 0 Å². The lowest BCUT2D eigenvalue weighted by Gasteiger charge is -2.11. The third kappa shape index (κ3) is 19.4. The van der Waals surface area contributed by atoms with Crippen LogP contribution in [0.5, 0.6) is 0 Å². The number of benzene rings is 2. The van der Waals surface area contributed by atoms with Gasteiger partial charge < -0.3 is 30.4 Å². The zero-order valence-electron chi connectivity index (χ0n) is 34.3. The lowest BCUT2D eigenvalue weighted by atomic mass is 10.2. The van der Waals surface area contributed by atoms with Crippen molar-refractivity contribution >= 4 is 100 Å². The molecule has 4 N–H and O–H groups in total. The summed E-state index contributed by atoms with van der Waals surface area (Å²) in [6, 6.07) is 11.2. The van der Waals surface area contributed by atoms with E-state index in [0.29, 0.717) is 47.5 Å². The van der Waals surface area contributed by atoms with E-state index >= 15 is 0 Å². The first-order chi connectivity index (χ1) is 28.3. The first-order valence-corrected chi connectivity index (χ1v) is 22.9. The first-order valence-electron chi connectivity index (χ1n) is 17.8. The van der Waals surface area contributed by atoms with E-state index in [-0.39, 0.29) is 11.8 Å². The third-order valence-electron chi connectivity index (χ3n) is 7.48. The molecule has 0 fully saturated rings. The predicted octanol–water partition coefficient (Wildman–Crippen LogP) is 4.63. The Morgan fingerprint density at radius 3 is 1.32 bits per heavy atom. The van der Waals surface area contributed by atoms with Gasteiger partial charge in [-0.05, 0) is 36.4 Å². The van der Waals surface area contributed by atoms with Gasteiger partial charge in [-0.15, -0.1) is 0 Å². The molecule has 0 unspecified atom stereocenters. The number of aryl methyl sites for hydroxylation is 4. The molecule has 2 heterocycles. The molecule has 2 aromatic carbocycles. The maximum atomic E-state index is 12.0. The van der Waals surface area contributed by atoms with E-state index in [4.69, 9.17) is 0 Å². The van der Waals surface area contributed by atoms with E-state index in [9.17, 15) is 35.5 Å². The SMILES string of the molecule is CCC(=O)Nc1ccc(NCCSSCCNc2ccc(NC(=O)CC)cc2N=Nc2n(C)cc[n+]2C)c(N=Nc2n(C)cc[n+]2C)c1.COS(=O)(=O)[O-].COS(=O)(=O)[O-]. The molecule has 0 saturated heterocycles. The minimum Gasteiger partial charge on any atom is -0.726 e. The van der Waals surface area contributed by atoms with E-state index in [1.807, 2.05) is 121 Å². The van der Waals surface area contributed by atoms with E-state index in [1.165, 1.54) is 0 Å². The summed E-state index contributed by atoms with van der Waals surface area (Å²) in [7, 11) is 3.99. The van der Waals surface area contributed by atoms with Crippen molar-refractivity contribution < 1.29 is 53.0 Å². The molecule has 4 aromatic rings. The van der Waals surface area contributed by atoms with Crippen LogP contribution >= 0.6 is 21.6 Å².